The van der Waals surface area contributed by atoms with Crippen molar-refractivity contribution in [2.75, 3.05) is 0 Å². The molecule has 0 saturated heterocycles. The van der Waals surface area contributed by atoms with E-state index in [1.54, 1.807) is 34.0 Å². The summed E-state index contributed by atoms with van der Waals surface area (Å²) >= 11 is 4.83. The third-order valence-corrected chi connectivity index (χ3v) is 19.7. The van der Waals surface area contributed by atoms with Crippen LogP contribution in [0, 0.1) is 20.8 Å². The quantitative estimate of drug-likeness (QED) is 0.0687. The normalized spacial score (nSPS) is 11.0. The minimum absolute atomic E-state index is 0. The molecule has 0 atom stereocenters. The second-order valence-electron chi connectivity index (χ2n) is 25.0. The Morgan fingerprint density at radius 1 is 0.383 bits per heavy atom. The van der Waals surface area contributed by atoms with Gasteiger partial charge in [-0.25, -0.2) is 30.2 Å². The molecule has 15 aromatic rings. The predicted octanol–water partition coefficient (Wildman–Crippen LogP) is 3.20. The average Bonchev–Trinajstić information content (AvgIpc) is 1.54. The number of unbranched alkanes of at least 4 members (excludes halogenated alkanes) is 3. The smallest absolute Gasteiger partial charge is 0.822 e. The number of phosphoric acid groups is 1. The molecule has 3 N–H and O–H groups in total. The number of aromatic nitrogens is 18. The van der Waals surface area contributed by atoms with Gasteiger partial charge in [-0.1, -0.05) is 148 Å². The number of nitrogens with zero attached hydrogens (tertiary/aromatic N) is 15. The largest absolute Gasteiger partial charge is 1.00 e. The van der Waals surface area contributed by atoms with E-state index in [0.29, 0.717) is 53.3 Å². The Balaban J connectivity index is 0.000000177. The molecule has 0 saturated carbocycles. The molecular weight excluding hydrogens is 1460 g/mol. The van der Waals surface area contributed by atoms with Crippen LogP contribution in [0.2, 0.25) is 0 Å². The van der Waals surface area contributed by atoms with E-state index in [-0.39, 0.29) is 105 Å². The number of nitrogens with one attached hydrogen (secondary N) is 3. The van der Waals surface area contributed by atoms with Crippen molar-refractivity contribution in [3.05, 3.63) is 242 Å². The molecule has 0 spiro atoms. The Bertz CT molecular complexity index is 5110. The number of hydrogen-bond donors (Lipinski definition) is 3. The second kappa shape index (κ2) is 39.0. The van der Waals surface area contributed by atoms with Crippen molar-refractivity contribution in [2.24, 2.45) is 0 Å². The fraction of sp³-hybridized carbons (Fsp3) is 0.240. The van der Waals surface area contributed by atoms with Gasteiger partial charge in [0, 0.05) is 68.8 Å². The molecule has 0 aliphatic carbocycles. The third kappa shape index (κ3) is 20.9. The molecule has 0 fully saturated rings. The van der Waals surface area contributed by atoms with E-state index in [1.165, 1.54) is 0 Å². The number of aromatic amines is 3. The molecule has 0 bridgehead atoms. The molecule has 0 amide bonds. The molecule has 0 radical (unpaired) electrons. The van der Waals surface area contributed by atoms with E-state index < -0.39 is 7.82 Å². The molecule has 25 nitrogen and oxygen atoms in total. The van der Waals surface area contributed by atoms with Gasteiger partial charge in [-0.05, 0) is 157 Å². The SMILES string of the molecule is CCCCc1nc2ccc(C)cc2c(=O)n1Cc1ccc(-c2cscc2-c2nnn[nH]2)cc1.CCCCc1nc2ccc(C)cc2c(=O)n1Cc1ccc(-c2cscc2-c2nnn[nH]2)cc1.CCCCc1nc2ccc(C)cc2c(=O)n1Cc1ccc(-c2cscc2-c2nnn[nH]2)cc1.O=P([O-])([O-])[O-].[Na+].[Na+].[Na+]. The number of thiophene rings is 3. The summed E-state index contributed by atoms with van der Waals surface area (Å²) in [7, 11) is -5.39. The van der Waals surface area contributed by atoms with E-state index in [1.807, 2.05) is 105 Å². The number of fused-ring (bicyclic) bond motifs is 3. The fourth-order valence-electron chi connectivity index (χ4n) is 12.1. The van der Waals surface area contributed by atoms with E-state index >= 15 is 0 Å². The van der Waals surface area contributed by atoms with Crippen LogP contribution in [-0.2, 0) is 43.5 Å². The van der Waals surface area contributed by atoms with Crippen molar-refractivity contribution in [3.8, 4) is 67.5 Å². The van der Waals surface area contributed by atoms with Crippen molar-refractivity contribution in [3.63, 3.8) is 0 Å². The third-order valence-electron chi connectivity index (χ3n) is 17.4. The first-order valence-corrected chi connectivity index (χ1v) is 38.1. The molecule has 530 valence electrons. The van der Waals surface area contributed by atoms with Gasteiger partial charge in [-0.2, -0.15) is 41.8 Å². The molecule has 6 aromatic carbocycles. The summed E-state index contributed by atoms with van der Waals surface area (Å²) in [5, 5.41) is 57.1. The van der Waals surface area contributed by atoms with Crippen LogP contribution >= 0.6 is 41.8 Å². The zero-order chi connectivity index (χ0) is 72.9. The predicted molar refractivity (Wildman–Crippen MR) is 402 cm³/mol. The van der Waals surface area contributed by atoms with E-state index in [4.69, 9.17) is 34.2 Å². The maximum atomic E-state index is 13.4. The van der Waals surface area contributed by atoms with Crippen LogP contribution in [0.3, 0.4) is 0 Å². The maximum Gasteiger partial charge on any atom is 1.00 e. The zero-order valence-corrected chi connectivity index (χ0v) is 70.2. The number of aryl methyl sites for hydroxylation is 6. The van der Waals surface area contributed by atoms with Crippen LogP contribution in [0.15, 0.2) is 174 Å². The average molecular weight is 1530 g/mol. The van der Waals surface area contributed by atoms with Crippen LogP contribution in [0.1, 0.15) is 110 Å². The molecule has 0 aliphatic rings. The minimum atomic E-state index is -5.39. The Labute approximate surface area is 694 Å². The zero-order valence-electron chi connectivity index (χ0n) is 60.8. The summed E-state index contributed by atoms with van der Waals surface area (Å²) in [4.78, 5) is 80.4. The summed E-state index contributed by atoms with van der Waals surface area (Å²) in [5.41, 5.74) is 18.2. The number of tetrazole rings is 3. The van der Waals surface area contributed by atoms with Gasteiger partial charge in [0.05, 0.1) is 52.3 Å². The van der Waals surface area contributed by atoms with Crippen LogP contribution in [0.25, 0.3) is 100 Å². The van der Waals surface area contributed by atoms with Gasteiger partial charge in [0.1, 0.15) is 17.5 Å². The maximum absolute atomic E-state index is 13.4. The fourth-order valence-corrected chi connectivity index (χ4v) is 14.6. The Kier molecular flexibility index (Phi) is 30.3. The van der Waals surface area contributed by atoms with Gasteiger partial charge < -0.3 is 19.2 Å². The van der Waals surface area contributed by atoms with Crippen molar-refractivity contribution in [1.29, 1.82) is 0 Å². The number of H-pyrrole nitrogens is 3. The first-order valence-electron chi connectivity index (χ1n) is 33.8. The Morgan fingerprint density at radius 2 is 0.636 bits per heavy atom. The summed E-state index contributed by atoms with van der Waals surface area (Å²) in [6.07, 6.45) is 8.53. The van der Waals surface area contributed by atoms with Gasteiger partial charge in [-0.3, -0.25) is 28.1 Å². The van der Waals surface area contributed by atoms with Gasteiger partial charge in [0.15, 0.2) is 17.5 Å². The van der Waals surface area contributed by atoms with E-state index in [0.717, 1.165) is 175 Å². The van der Waals surface area contributed by atoms with Crippen molar-refractivity contribution < 1.29 is 108 Å². The van der Waals surface area contributed by atoms with Gasteiger partial charge in [-0.15, -0.1) is 15.3 Å². The van der Waals surface area contributed by atoms with Crippen LogP contribution in [0.4, 0.5) is 0 Å². The molecule has 9 aromatic heterocycles. The van der Waals surface area contributed by atoms with E-state index in [2.05, 4.69) is 172 Å². The minimum Gasteiger partial charge on any atom is -0.822 e. The first-order chi connectivity index (χ1) is 50.4. The van der Waals surface area contributed by atoms with Crippen molar-refractivity contribution >= 4 is 74.5 Å². The molecule has 32 heteroatoms. The molecule has 0 unspecified atom stereocenters. The molecule has 107 heavy (non-hydrogen) atoms. The number of rotatable bonds is 21. The second-order valence-corrected chi connectivity index (χ2v) is 28.1. The molecule has 15 rings (SSSR count). The van der Waals surface area contributed by atoms with Gasteiger partial charge >= 0.3 is 88.7 Å². The van der Waals surface area contributed by atoms with Crippen LogP contribution in [0.5, 0.6) is 0 Å². The molecular formula is C75H72N18Na3O7PS3. The van der Waals surface area contributed by atoms with E-state index in [9.17, 15) is 14.4 Å². The van der Waals surface area contributed by atoms with Crippen LogP contribution in [-0.4, -0.2) is 90.5 Å². The summed E-state index contributed by atoms with van der Waals surface area (Å²) < 4.78 is 14.1. The molecule has 0 aliphatic heterocycles. The monoisotopic (exact) mass is 1530 g/mol. The summed E-state index contributed by atoms with van der Waals surface area (Å²) in [5.74, 6) is 4.50. The standard InChI is InChI=1S/3C25H24N6OS.3Na.H3O4P/c3*1-3-4-5-23-26-22-11-6-16(2)12-19(22)25(32)31(23)13-17-7-9-18(10-8-17)20-14-33-15-21(20)24-27-29-30-28-24;;;;1-5(2,3)4/h3*6-12,14-15H,3-5,13H2,1-2H3,(H,27,28,29,30);;;;(H3,1,2,3,4)/q;;;3*+1;/p-3. The van der Waals surface area contributed by atoms with Crippen molar-refractivity contribution in [1.82, 2.24) is 90.5 Å². The Morgan fingerprint density at radius 3 is 0.869 bits per heavy atom. The number of hydrogen-bond acceptors (Lipinski definition) is 22. The molecule has 9 heterocycles. The number of benzene rings is 6. The summed E-state index contributed by atoms with van der Waals surface area (Å²) in [6.45, 7) is 13.9. The van der Waals surface area contributed by atoms with Crippen LogP contribution < -0.4 is 120 Å². The van der Waals surface area contributed by atoms with Gasteiger partial charge in [0.2, 0.25) is 0 Å². The van der Waals surface area contributed by atoms with Gasteiger partial charge in [0.25, 0.3) is 16.7 Å². The Hall–Kier alpha value is -7.84. The topological polar surface area (TPSA) is 354 Å². The first kappa shape index (κ1) is 83.2. The summed E-state index contributed by atoms with van der Waals surface area (Å²) in [6, 6.07) is 42.6. The van der Waals surface area contributed by atoms with Crippen molar-refractivity contribution in [2.45, 2.75) is 119 Å².